The summed E-state index contributed by atoms with van der Waals surface area (Å²) in [5.41, 5.74) is 1.73. The normalized spacial score (nSPS) is 15.8. The van der Waals surface area contributed by atoms with Crippen LogP contribution in [-0.4, -0.2) is 36.4 Å². The van der Waals surface area contributed by atoms with Crippen molar-refractivity contribution in [1.29, 1.82) is 0 Å². The lowest BCUT2D eigenvalue weighted by Gasteiger charge is -2.11. The van der Waals surface area contributed by atoms with E-state index in [-0.39, 0.29) is 13.2 Å². The van der Waals surface area contributed by atoms with E-state index in [2.05, 4.69) is 6.92 Å². The van der Waals surface area contributed by atoms with Crippen LogP contribution in [0.15, 0.2) is 18.2 Å². The molecule has 6 nitrogen and oxygen atoms in total. The highest BCUT2D eigenvalue weighted by atomic mass is 16.6. The minimum Gasteiger partial charge on any atom is -0.463 e. The van der Waals surface area contributed by atoms with Gasteiger partial charge in [0.15, 0.2) is 0 Å². The first kappa shape index (κ1) is 25.3. The van der Waals surface area contributed by atoms with Crippen molar-refractivity contribution < 1.29 is 28.9 Å². The van der Waals surface area contributed by atoms with Crippen LogP contribution in [0.4, 0.5) is 0 Å². The monoisotopic (exact) mass is 434 g/mol. The number of hydrogen-bond acceptors (Lipinski definition) is 6. The summed E-state index contributed by atoms with van der Waals surface area (Å²) in [6, 6.07) is 5.09. The lowest BCUT2D eigenvalue weighted by molar-refractivity contribution is -0.145. The van der Waals surface area contributed by atoms with Gasteiger partial charge in [0.25, 0.3) is 0 Å². The van der Waals surface area contributed by atoms with E-state index in [1.165, 1.54) is 57.8 Å². The first-order valence-electron chi connectivity index (χ1n) is 11.8. The number of unbranched alkanes of at least 4 members (excludes halogenated alkanes) is 9. The molecule has 1 aliphatic heterocycles. The maximum absolute atomic E-state index is 12.4. The molecule has 0 amide bonds. The minimum absolute atomic E-state index is 0.183. The zero-order valence-electron chi connectivity index (χ0n) is 18.9. The zero-order chi connectivity index (χ0) is 22.3. The Kier molecular flexibility index (Phi) is 12.2. The SMILES string of the molecule is CCCCCCCCCCCCOCc1cc(CO)cc(C(=O)OC2CCOC2=O)c1. The molecule has 2 rings (SSSR count). The van der Waals surface area contributed by atoms with Crippen LogP contribution >= 0.6 is 0 Å². The van der Waals surface area contributed by atoms with Crippen LogP contribution in [0.5, 0.6) is 0 Å². The molecule has 0 radical (unpaired) electrons. The highest BCUT2D eigenvalue weighted by Crippen LogP contribution is 2.17. The lowest BCUT2D eigenvalue weighted by Crippen LogP contribution is -2.22. The average Bonchev–Trinajstić information content (AvgIpc) is 3.18. The maximum atomic E-state index is 12.4. The standard InChI is InChI=1S/C25H38O6/c1-2-3-4-5-6-7-8-9-10-11-13-29-19-21-15-20(18-26)16-22(17-21)24(27)31-23-12-14-30-25(23)28/h15-17,23,26H,2-14,18-19H2,1H3. The average molecular weight is 435 g/mol. The van der Waals surface area contributed by atoms with Crippen LogP contribution in [0.1, 0.15) is 99.0 Å². The Balaban J connectivity index is 1.65. The Labute approximate surface area is 186 Å². The van der Waals surface area contributed by atoms with Gasteiger partial charge in [-0.1, -0.05) is 70.8 Å². The van der Waals surface area contributed by atoms with Gasteiger partial charge in [-0.15, -0.1) is 0 Å². The number of carbonyl (C=O) groups excluding carboxylic acids is 2. The molecular formula is C25H38O6. The van der Waals surface area contributed by atoms with Crippen molar-refractivity contribution >= 4 is 11.9 Å². The second kappa shape index (κ2) is 15.0. The third-order valence-electron chi connectivity index (χ3n) is 5.52. The highest BCUT2D eigenvalue weighted by Gasteiger charge is 2.30. The molecule has 1 fully saturated rings. The summed E-state index contributed by atoms with van der Waals surface area (Å²) < 4.78 is 15.8. The number of benzene rings is 1. The Morgan fingerprint density at radius 2 is 1.65 bits per heavy atom. The number of rotatable bonds is 16. The number of hydrogen-bond donors (Lipinski definition) is 1. The summed E-state index contributed by atoms with van der Waals surface area (Å²) >= 11 is 0. The van der Waals surface area contributed by atoms with Crippen molar-refractivity contribution in [3.63, 3.8) is 0 Å². The fourth-order valence-corrected chi connectivity index (χ4v) is 3.72. The molecule has 1 heterocycles. The Morgan fingerprint density at radius 3 is 2.26 bits per heavy atom. The van der Waals surface area contributed by atoms with Crippen LogP contribution in [0.25, 0.3) is 0 Å². The molecule has 0 spiro atoms. The van der Waals surface area contributed by atoms with Crippen molar-refractivity contribution in [2.45, 2.75) is 96.9 Å². The van der Waals surface area contributed by atoms with Crippen LogP contribution in [0.2, 0.25) is 0 Å². The number of esters is 2. The summed E-state index contributed by atoms with van der Waals surface area (Å²) in [4.78, 5) is 23.9. The van der Waals surface area contributed by atoms with E-state index in [1.54, 1.807) is 12.1 Å². The van der Waals surface area contributed by atoms with Crippen molar-refractivity contribution in [2.75, 3.05) is 13.2 Å². The smallest absolute Gasteiger partial charge is 0.347 e. The molecule has 0 saturated carbocycles. The second-order valence-electron chi connectivity index (χ2n) is 8.28. The molecular weight excluding hydrogens is 396 g/mol. The molecule has 1 N–H and O–H groups in total. The molecule has 1 unspecified atom stereocenters. The number of aliphatic hydroxyl groups excluding tert-OH is 1. The lowest BCUT2D eigenvalue weighted by atomic mass is 10.1. The Hall–Kier alpha value is -1.92. The molecule has 1 aromatic carbocycles. The largest absolute Gasteiger partial charge is 0.463 e. The summed E-state index contributed by atoms with van der Waals surface area (Å²) in [6.45, 7) is 3.38. The molecule has 0 aromatic heterocycles. The van der Waals surface area contributed by atoms with E-state index < -0.39 is 18.0 Å². The first-order valence-corrected chi connectivity index (χ1v) is 11.8. The summed E-state index contributed by atoms with van der Waals surface area (Å²) in [7, 11) is 0. The van der Waals surface area contributed by atoms with E-state index in [0.717, 1.165) is 12.0 Å². The molecule has 31 heavy (non-hydrogen) atoms. The summed E-state index contributed by atoms with van der Waals surface area (Å²) in [6.07, 6.45) is 12.3. The number of aliphatic hydroxyl groups is 1. The summed E-state index contributed by atoms with van der Waals surface area (Å²) in [5.74, 6) is -1.10. The Bertz CT molecular complexity index is 672. The molecule has 1 atom stereocenters. The van der Waals surface area contributed by atoms with Gasteiger partial charge in [0.1, 0.15) is 0 Å². The topological polar surface area (TPSA) is 82.1 Å². The third kappa shape index (κ3) is 9.83. The van der Waals surface area contributed by atoms with Crippen LogP contribution in [0, 0.1) is 0 Å². The van der Waals surface area contributed by atoms with E-state index in [9.17, 15) is 14.7 Å². The number of cyclic esters (lactones) is 1. The van der Waals surface area contributed by atoms with Crippen molar-refractivity contribution in [3.05, 3.63) is 34.9 Å². The zero-order valence-corrected chi connectivity index (χ0v) is 18.9. The van der Waals surface area contributed by atoms with Gasteiger partial charge in [0.2, 0.25) is 6.10 Å². The van der Waals surface area contributed by atoms with E-state index in [4.69, 9.17) is 14.2 Å². The van der Waals surface area contributed by atoms with Crippen molar-refractivity contribution in [3.8, 4) is 0 Å². The van der Waals surface area contributed by atoms with Gasteiger partial charge in [0.05, 0.1) is 25.4 Å². The van der Waals surface area contributed by atoms with Gasteiger partial charge >= 0.3 is 11.9 Å². The van der Waals surface area contributed by atoms with E-state index in [1.807, 2.05) is 6.07 Å². The van der Waals surface area contributed by atoms with Gasteiger partial charge in [-0.25, -0.2) is 9.59 Å². The van der Waals surface area contributed by atoms with Gasteiger partial charge in [-0.2, -0.15) is 0 Å². The number of ether oxygens (including phenoxy) is 3. The first-order chi connectivity index (χ1) is 15.1. The molecule has 0 bridgehead atoms. The van der Waals surface area contributed by atoms with Crippen molar-refractivity contribution in [1.82, 2.24) is 0 Å². The quantitative estimate of drug-likeness (QED) is 0.288. The molecule has 6 heteroatoms. The minimum atomic E-state index is -0.846. The predicted molar refractivity (Wildman–Crippen MR) is 119 cm³/mol. The third-order valence-corrected chi connectivity index (χ3v) is 5.52. The predicted octanol–water partition coefficient (Wildman–Crippen LogP) is 5.09. The summed E-state index contributed by atoms with van der Waals surface area (Å²) in [5, 5.41) is 9.50. The highest BCUT2D eigenvalue weighted by molar-refractivity contribution is 5.92. The van der Waals surface area contributed by atoms with Crippen LogP contribution in [-0.2, 0) is 32.2 Å². The van der Waals surface area contributed by atoms with Gasteiger partial charge in [-0.05, 0) is 29.7 Å². The van der Waals surface area contributed by atoms with Crippen LogP contribution < -0.4 is 0 Å². The van der Waals surface area contributed by atoms with Crippen molar-refractivity contribution in [2.24, 2.45) is 0 Å². The van der Waals surface area contributed by atoms with E-state index >= 15 is 0 Å². The fraction of sp³-hybridized carbons (Fsp3) is 0.680. The van der Waals surface area contributed by atoms with Crippen LogP contribution in [0.3, 0.4) is 0 Å². The Morgan fingerprint density at radius 1 is 1.00 bits per heavy atom. The molecule has 1 aliphatic rings. The van der Waals surface area contributed by atoms with Gasteiger partial charge < -0.3 is 19.3 Å². The van der Waals surface area contributed by atoms with E-state index in [0.29, 0.717) is 30.8 Å². The maximum Gasteiger partial charge on any atom is 0.347 e. The molecule has 0 aliphatic carbocycles. The molecule has 1 saturated heterocycles. The molecule has 1 aromatic rings. The van der Waals surface area contributed by atoms with Gasteiger partial charge in [0, 0.05) is 13.0 Å². The number of carbonyl (C=O) groups is 2. The molecule has 174 valence electrons. The second-order valence-corrected chi connectivity index (χ2v) is 8.28. The fourth-order valence-electron chi connectivity index (χ4n) is 3.72. The van der Waals surface area contributed by atoms with Gasteiger partial charge in [-0.3, -0.25) is 0 Å².